The standard InChI is InChI=1S/C23H55O3P3/c1-9-28(7,10-2,11-3)22-20-18-16-15-17-19-21-23(27(24,25)26)29(8,12-4,13-5)14-6/h23H,9-22H2,1-8H3,(H2,24,25,26). The molecular formula is C23H55O3P3. The van der Waals surface area contributed by atoms with Gasteiger partial charge in [-0.2, -0.15) is 0 Å². The number of hydrogen-bond acceptors (Lipinski definition) is 1. The monoisotopic (exact) mass is 472 g/mol. The summed E-state index contributed by atoms with van der Waals surface area (Å²) in [4.78, 5) is 20.3. The van der Waals surface area contributed by atoms with Crippen molar-refractivity contribution in [1.82, 2.24) is 0 Å². The van der Waals surface area contributed by atoms with Gasteiger partial charge in [0.15, 0.2) is 0 Å². The van der Waals surface area contributed by atoms with E-state index < -0.39 is 26.2 Å². The first kappa shape index (κ1) is 30.0. The van der Waals surface area contributed by atoms with Gasteiger partial charge in [0.25, 0.3) is 0 Å². The molecule has 0 saturated carbocycles. The van der Waals surface area contributed by atoms with Crippen LogP contribution in [0.5, 0.6) is 0 Å². The zero-order valence-electron chi connectivity index (χ0n) is 21.1. The van der Waals surface area contributed by atoms with Crippen molar-refractivity contribution in [3.63, 3.8) is 0 Å². The van der Waals surface area contributed by atoms with Gasteiger partial charge in [0, 0.05) is 0 Å². The number of rotatable bonds is 17. The van der Waals surface area contributed by atoms with Crippen LogP contribution in [-0.4, -0.2) is 71.6 Å². The van der Waals surface area contributed by atoms with Crippen LogP contribution in [-0.2, 0) is 4.57 Å². The number of unbranched alkanes of at least 4 members (excludes halogenated alkanes) is 5. The predicted octanol–water partition coefficient (Wildman–Crippen LogP) is 7.71. The molecular weight excluding hydrogens is 417 g/mol. The van der Waals surface area contributed by atoms with Crippen molar-refractivity contribution in [2.45, 2.75) is 91.9 Å². The van der Waals surface area contributed by atoms with Gasteiger partial charge in [0.1, 0.15) is 0 Å². The van der Waals surface area contributed by atoms with Crippen LogP contribution in [0.2, 0.25) is 0 Å². The quantitative estimate of drug-likeness (QED) is 0.168. The van der Waals surface area contributed by atoms with Gasteiger partial charge >= 0.3 is 184 Å². The average molecular weight is 473 g/mol. The molecule has 0 fully saturated rings. The van der Waals surface area contributed by atoms with E-state index in [4.69, 9.17) is 0 Å². The summed E-state index contributed by atoms with van der Waals surface area (Å²) in [5.74, 6) is 0. The molecule has 0 bridgehead atoms. The van der Waals surface area contributed by atoms with Crippen LogP contribution in [0.15, 0.2) is 0 Å². The first-order valence-corrected chi connectivity index (χ1v) is 20.8. The summed E-state index contributed by atoms with van der Waals surface area (Å²) in [5, 5.41) is -0.390. The molecule has 1 unspecified atom stereocenters. The van der Waals surface area contributed by atoms with E-state index in [2.05, 4.69) is 54.9 Å². The topological polar surface area (TPSA) is 57.5 Å². The van der Waals surface area contributed by atoms with E-state index in [1.165, 1.54) is 50.3 Å². The van der Waals surface area contributed by atoms with Crippen molar-refractivity contribution in [2.75, 3.05) is 56.5 Å². The molecule has 0 aliphatic carbocycles. The van der Waals surface area contributed by atoms with Crippen LogP contribution in [0.25, 0.3) is 0 Å². The summed E-state index contributed by atoms with van der Waals surface area (Å²) < 4.78 is 12.4. The van der Waals surface area contributed by atoms with Crippen LogP contribution in [0.4, 0.5) is 0 Å². The SMILES string of the molecule is CCP(C)(CC)(CC)CCCCCCCCC(P(=O)(O)O)P(C)(CC)(CC)CC. The van der Waals surface area contributed by atoms with Crippen molar-refractivity contribution in [1.29, 1.82) is 0 Å². The molecule has 29 heavy (non-hydrogen) atoms. The fourth-order valence-corrected chi connectivity index (χ4v) is 18.0. The molecule has 1 atom stereocenters. The Morgan fingerprint density at radius 3 is 1.38 bits per heavy atom. The Bertz CT molecular complexity index is 499. The Morgan fingerprint density at radius 1 is 0.655 bits per heavy atom. The molecule has 6 heteroatoms. The maximum atomic E-state index is 12.4. The molecule has 0 aliphatic rings. The van der Waals surface area contributed by atoms with Crippen molar-refractivity contribution >= 4 is 20.8 Å². The Kier molecular flexibility index (Phi) is 12.2. The molecule has 0 aromatic carbocycles. The van der Waals surface area contributed by atoms with Gasteiger partial charge in [-0.3, -0.25) is 0 Å². The van der Waals surface area contributed by atoms with Crippen molar-refractivity contribution in [3.8, 4) is 0 Å². The average Bonchev–Trinajstić information content (AvgIpc) is 2.71. The van der Waals surface area contributed by atoms with Gasteiger partial charge in [0.05, 0.1) is 0 Å². The first-order chi connectivity index (χ1) is 13.3. The second kappa shape index (κ2) is 11.8. The molecule has 0 rings (SSSR count). The molecule has 0 spiro atoms. The first-order valence-electron chi connectivity index (χ1n) is 12.4. The number of hydrogen-bond donors (Lipinski definition) is 2. The zero-order valence-corrected chi connectivity index (χ0v) is 23.8. The summed E-state index contributed by atoms with van der Waals surface area (Å²) in [6.07, 6.45) is 16.4. The fourth-order valence-electron chi connectivity index (χ4n) is 5.13. The molecule has 0 aliphatic heterocycles. The van der Waals surface area contributed by atoms with Crippen LogP contribution >= 0.6 is 20.8 Å². The van der Waals surface area contributed by atoms with Crippen molar-refractivity contribution in [2.24, 2.45) is 0 Å². The van der Waals surface area contributed by atoms with E-state index in [-0.39, 0.29) is 0 Å². The van der Waals surface area contributed by atoms with Crippen LogP contribution in [0.3, 0.4) is 0 Å². The molecule has 0 heterocycles. The summed E-state index contributed by atoms with van der Waals surface area (Å²) in [6, 6.07) is 0. The van der Waals surface area contributed by atoms with Crippen molar-refractivity contribution < 1.29 is 14.4 Å². The second-order valence-electron chi connectivity index (χ2n) is 10.6. The molecule has 180 valence electrons. The van der Waals surface area contributed by atoms with E-state index in [0.717, 1.165) is 31.3 Å². The van der Waals surface area contributed by atoms with Gasteiger partial charge in [-0.1, -0.05) is 0 Å². The van der Waals surface area contributed by atoms with Crippen LogP contribution in [0, 0.1) is 0 Å². The molecule has 0 amide bonds. The Hall–Kier alpha value is 1.01. The summed E-state index contributed by atoms with van der Waals surface area (Å²) in [6.45, 7) is 14.7. The summed E-state index contributed by atoms with van der Waals surface area (Å²) in [7, 11) is -4.05. The fraction of sp³-hybridized carbons (Fsp3) is 1.00. The normalized spacial score (nSPS) is 17.3. The zero-order chi connectivity index (χ0) is 22.9. The van der Waals surface area contributed by atoms with Gasteiger partial charge in [-0.05, 0) is 0 Å². The molecule has 0 aromatic heterocycles. The van der Waals surface area contributed by atoms with E-state index in [1.807, 2.05) is 0 Å². The third-order valence-corrected chi connectivity index (χ3v) is 29.2. The van der Waals surface area contributed by atoms with E-state index in [9.17, 15) is 14.4 Å². The minimum atomic E-state index is -4.05. The van der Waals surface area contributed by atoms with E-state index in [0.29, 0.717) is 6.42 Å². The van der Waals surface area contributed by atoms with Crippen LogP contribution in [0.1, 0.15) is 86.5 Å². The predicted molar refractivity (Wildman–Crippen MR) is 142 cm³/mol. The molecule has 0 saturated heterocycles. The third kappa shape index (κ3) is 7.82. The molecule has 0 radical (unpaired) electrons. The Balaban J connectivity index is 4.56. The molecule has 2 N–H and O–H groups in total. The van der Waals surface area contributed by atoms with Gasteiger partial charge in [-0.25, -0.2) is 0 Å². The van der Waals surface area contributed by atoms with Gasteiger partial charge < -0.3 is 0 Å². The van der Waals surface area contributed by atoms with E-state index in [1.54, 1.807) is 0 Å². The molecule has 0 aromatic rings. The van der Waals surface area contributed by atoms with Crippen LogP contribution < -0.4 is 0 Å². The summed E-state index contributed by atoms with van der Waals surface area (Å²) >= 11 is 0. The maximum absolute atomic E-state index is 12.4. The van der Waals surface area contributed by atoms with Gasteiger partial charge in [0.2, 0.25) is 0 Å². The molecule has 3 nitrogen and oxygen atoms in total. The van der Waals surface area contributed by atoms with Crippen molar-refractivity contribution in [3.05, 3.63) is 0 Å². The second-order valence-corrected chi connectivity index (χ2v) is 27.8. The van der Waals surface area contributed by atoms with E-state index >= 15 is 0 Å². The van der Waals surface area contributed by atoms with Gasteiger partial charge in [-0.15, -0.1) is 0 Å². The third-order valence-electron chi connectivity index (χ3n) is 9.69. The Morgan fingerprint density at radius 2 is 1.03 bits per heavy atom. The minimum absolute atomic E-state index is 0.390. The Labute approximate surface area is 183 Å². The summed E-state index contributed by atoms with van der Waals surface area (Å²) in [5.41, 5.74) is 0.